The van der Waals surface area contributed by atoms with Gasteiger partial charge in [-0.05, 0) is 37.1 Å². The first-order chi connectivity index (χ1) is 11.3. The lowest BCUT2D eigenvalue weighted by atomic mass is 10.1. The van der Waals surface area contributed by atoms with Crippen LogP contribution in [0.25, 0.3) is 10.9 Å². The fourth-order valence-electron chi connectivity index (χ4n) is 2.69. The van der Waals surface area contributed by atoms with Crippen LogP contribution < -0.4 is 5.32 Å². The summed E-state index contributed by atoms with van der Waals surface area (Å²) in [6.45, 7) is 3.48. The summed E-state index contributed by atoms with van der Waals surface area (Å²) in [7, 11) is 0. The predicted molar refractivity (Wildman–Crippen MR) is 94.8 cm³/mol. The molecule has 0 fully saturated rings. The molecule has 0 radical (unpaired) electrons. The lowest BCUT2D eigenvalue weighted by molar-refractivity contribution is 0.112. The molecule has 23 heavy (non-hydrogen) atoms. The Labute approximate surface area is 135 Å². The minimum atomic E-state index is 0.579. The van der Waals surface area contributed by atoms with Crippen LogP contribution in [0.1, 0.15) is 23.0 Å². The summed E-state index contributed by atoms with van der Waals surface area (Å²) in [5, 5.41) is 4.23. The number of fused-ring (bicyclic) bond motifs is 1. The van der Waals surface area contributed by atoms with Crippen LogP contribution in [0.15, 0.2) is 54.6 Å². The van der Waals surface area contributed by atoms with Crippen molar-refractivity contribution in [2.24, 2.45) is 0 Å². The molecule has 3 rings (SSSR count). The van der Waals surface area contributed by atoms with Crippen molar-refractivity contribution in [1.29, 1.82) is 0 Å². The Balaban J connectivity index is 1.86. The number of aryl methyl sites for hydroxylation is 1. The van der Waals surface area contributed by atoms with Crippen LogP contribution in [-0.2, 0) is 6.54 Å². The molecule has 0 bridgehead atoms. The van der Waals surface area contributed by atoms with Crippen molar-refractivity contribution < 1.29 is 4.79 Å². The first-order valence-corrected chi connectivity index (χ1v) is 7.68. The summed E-state index contributed by atoms with van der Waals surface area (Å²) in [6.07, 6.45) is 0.899. The monoisotopic (exact) mass is 302 g/mol. The molecule has 0 saturated heterocycles. The predicted octanol–water partition coefficient (Wildman–Crippen LogP) is 3.94. The van der Waals surface area contributed by atoms with E-state index in [1.165, 1.54) is 0 Å². The molecule has 3 heteroatoms. The van der Waals surface area contributed by atoms with E-state index in [0.717, 1.165) is 35.1 Å². The van der Waals surface area contributed by atoms with E-state index in [1.807, 2.05) is 54.6 Å². The van der Waals surface area contributed by atoms with Gasteiger partial charge in [0.15, 0.2) is 6.29 Å². The number of hydrogen-bond donors (Lipinski definition) is 1. The molecule has 0 unspecified atom stereocenters. The zero-order valence-electron chi connectivity index (χ0n) is 13.0. The van der Waals surface area contributed by atoms with E-state index in [0.29, 0.717) is 12.1 Å². The van der Waals surface area contributed by atoms with Gasteiger partial charge in [0.05, 0.1) is 12.2 Å². The summed E-state index contributed by atoms with van der Waals surface area (Å²) < 4.78 is 2.14. The highest BCUT2D eigenvalue weighted by Crippen LogP contribution is 2.22. The second-order valence-corrected chi connectivity index (χ2v) is 5.19. The molecule has 1 aromatic heterocycles. The third-order valence-corrected chi connectivity index (χ3v) is 3.79. The maximum Gasteiger partial charge on any atom is 0.150 e. The van der Waals surface area contributed by atoms with Crippen LogP contribution in [0, 0.1) is 11.8 Å². The maximum absolute atomic E-state index is 11.2. The number of carbonyl (C=O) groups is 1. The summed E-state index contributed by atoms with van der Waals surface area (Å²) in [5.74, 6) is 6.36. The van der Waals surface area contributed by atoms with E-state index >= 15 is 0 Å². The minimum Gasteiger partial charge on any atom is -0.374 e. The number of nitrogens with zero attached hydrogens (tertiary/aromatic N) is 1. The van der Waals surface area contributed by atoms with E-state index in [-0.39, 0.29) is 0 Å². The quantitative estimate of drug-likeness (QED) is 0.585. The van der Waals surface area contributed by atoms with Gasteiger partial charge in [0.2, 0.25) is 0 Å². The summed E-state index contributed by atoms with van der Waals surface area (Å²) >= 11 is 0. The molecular formula is C20H18N2O. The van der Waals surface area contributed by atoms with Gasteiger partial charge in [-0.25, -0.2) is 0 Å². The van der Waals surface area contributed by atoms with Gasteiger partial charge in [-0.2, -0.15) is 0 Å². The van der Waals surface area contributed by atoms with E-state index in [1.54, 1.807) is 0 Å². The van der Waals surface area contributed by atoms with Crippen molar-refractivity contribution in [3.8, 4) is 11.8 Å². The van der Waals surface area contributed by atoms with Crippen molar-refractivity contribution in [2.75, 3.05) is 11.9 Å². The van der Waals surface area contributed by atoms with Gasteiger partial charge in [-0.1, -0.05) is 36.3 Å². The number of benzene rings is 2. The van der Waals surface area contributed by atoms with Crippen LogP contribution >= 0.6 is 0 Å². The SMILES string of the molecule is CCn1c(C#CCNc2ccccc2)cc2c(C=O)cccc21. The van der Waals surface area contributed by atoms with Crippen molar-refractivity contribution in [2.45, 2.75) is 13.5 Å². The molecule has 2 aromatic carbocycles. The van der Waals surface area contributed by atoms with Crippen LogP contribution in [0.5, 0.6) is 0 Å². The number of para-hydroxylation sites is 1. The Bertz CT molecular complexity index is 882. The van der Waals surface area contributed by atoms with Crippen molar-refractivity contribution >= 4 is 22.9 Å². The largest absolute Gasteiger partial charge is 0.374 e. The first-order valence-electron chi connectivity index (χ1n) is 7.68. The smallest absolute Gasteiger partial charge is 0.150 e. The molecule has 3 nitrogen and oxygen atoms in total. The Kier molecular flexibility index (Phi) is 4.44. The van der Waals surface area contributed by atoms with Crippen LogP contribution in [0.4, 0.5) is 5.69 Å². The molecule has 0 saturated carbocycles. The Hall–Kier alpha value is -2.99. The highest BCUT2D eigenvalue weighted by Gasteiger charge is 2.08. The number of carbonyl (C=O) groups excluding carboxylic acids is 1. The Morgan fingerprint density at radius 1 is 1.13 bits per heavy atom. The average molecular weight is 302 g/mol. The van der Waals surface area contributed by atoms with Gasteiger partial charge < -0.3 is 9.88 Å². The van der Waals surface area contributed by atoms with Crippen LogP contribution in [0.2, 0.25) is 0 Å². The zero-order valence-corrected chi connectivity index (χ0v) is 13.0. The van der Waals surface area contributed by atoms with Gasteiger partial charge in [0.25, 0.3) is 0 Å². The van der Waals surface area contributed by atoms with Crippen LogP contribution in [0.3, 0.4) is 0 Å². The zero-order chi connectivity index (χ0) is 16.1. The van der Waals surface area contributed by atoms with Crippen molar-refractivity contribution in [3.05, 3.63) is 65.9 Å². The van der Waals surface area contributed by atoms with Gasteiger partial charge in [0.1, 0.15) is 0 Å². The number of rotatable bonds is 4. The molecule has 0 amide bonds. The van der Waals surface area contributed by atoms with Crippen molar-refractivity contribution in [3.63, 3.8) is 0 Å². The molecule has 1 heterocycles. The molecule has 3 aromatic rings. The average Bonchev–Trinajstić information content (AvgIpc) is 2.97. The van der Waals surface area contributed by atoms with E-state index < -0.39 is 0 Å². The molecular weight excluding hydrogens is 284 g/mol. The number of nitrogens with one attached hydrogen (secondary N) is 1. The summed E-state index contributed by atoms with van der Waals surface area (Å²) in [6, 6.07) is 17.8. The second kappa shape index (κ2) is 6.85. The lowest BCUT2D eigenvalue weighted by Gasteiger charge is -2.03. The van der Waals surface area contributed by atoms with Gasteiger partial charge in [-0.3, -0.25) is 4.79 Å². The minimum absolute atomic E-state index is 0.579. The fraction of sp³-hybridized carbons (Fsp3) is 0.150. The molecule has 0 aliphatic heterocycles. The molecule has 114 valence electrons. The third kappa shape index (κ3) is 3.12. The van der Waals surface area contributed by atoms with E-state index in [4.69, 9.17) is 0 Å². The standard InChI is InChI=1S/C20H18N2O/c1-2-22-18(11-7-13-21-17-9-4-3-5-10-17)14-19-16(15-23)8-6-12-20(19)22/h3-6,8-10,12,14-15,21H,2,13H2,1H3. The molecule has 0 spiro atoms. The Morgan fingerprint density at radius 3 is 2.70 bits per heavy atom. The van der Waals surface area contributed by atoms with Crippen molar-refractivity contribution in [1.82, 2.24) is 4.57 Å². The normalized spacial score (nSPS) is 10.1. The number of anilines is 1. The van der Waals surface area contributed by atoms with Gasteiger partial charge in [0, 0.05) is 28.7 Å². The fourth-order valence-corrected chi connectivity index (χ4v) is 2.69. The molecule has 0 aliphatic rings. The maximum atomic E-state index is 11.2. The lowest BCUT2D eigenvalue weighted by Crippen LogP contribution is -2.00. The summed E-state index contributed by atoms with van der Waals surface area (Å²) in [5.41, 5.74) is 3.75. The Morgan fingerprint density at radius 2 is 1.96 bits per heavy atom. The summed E-state index contributed by atoms with van der Waals surface area (Å²) in [4.78, 5) is 11.2. The highest BCUT2D eigenvalue weighted by atomic mass is 16.1. The molecule has 0 atom stereocenters. The van der Waals surface area contributed by atoms with E-state index in [2.05, 4.69) is 28.6 Å². The van der Waals surface area contributed by atoms with Gasteiger partial charge in [-0.15, -0.1) is 0 Å². The number of hydrogen-bond acceptors (Lipinski definition) is 2. The molecule has 0 aliphatic carbocycles. The third-order valence-electron chi connectivity index (χ3n) is 3.79. The number of aromatic nitrogens is 1. The van der Waals surface area contributed by atoms with E-state index in [9.17, 15) is 4.79 Å². The highest BCUT2D eigenvalue weighted by molar-refractivity contribution is 5.98. The van der Waals surface area contributed by atoms with Gasteiger partial charge >= 0.3 is 0 Å². The number of aldehydes is 1. The van der Waals surface area contributed by atoms with Crippen LogP contribution in [-0.4, -0.2) is 17.4 Å². The second-order valence-electron chi connectivity index (χ2n) is 5.19. The first kappa shape index (κ1) is 14.9. The topological polar surface area (TPSA) is 34.0 Å². The molecule has 1 N–H and O–H groups in total.